The van der Waals surface area contributed by atoms with Gasteiger partial charge in [-0.05, 0) is 30.0 Å². The van der Waals surface area contributed by atoms with Crippen molar-refractivity contribution in [2.45, 2.75) is 25.2 Å². The number of hydrogen-bond donors (Lipinski definition) is 1. The van der Waals surface area contributed by atoms with Gasteiger partial charge in [-0.1, -0.05) is 13.8 Å². The Balaban J connectivity index is 1.97. The van der Waals surface area contributed by atoms with E-state index in [4.69, 9.17) is 9.47 Å². The lowest BCUT2D eigenvalue weighted by Gasteiger charge is -2.16. The topological polar surface area (TPSA) is 104 Å². The average molecular weight is 473 g/mol. The van der Waals surface area contributed by atoms with Crippen molar-refractivity contribution in [3.63, 3.8) is 0 Å². The molecule has 10 heteroatoms. The zero-order valence-corrected chi connectivity index (χ0v) is 20.4. The number of thioether (sulfide) groups is 1. The number of benzene rings is 1. The Morgan fingerprint density at radius 1 is 1.15 bits per heavy atom. The van der Waals surface area contributed by atoms with Crippen molar-refractivity contribution in [2.24, 2.45) is 20.0 Å². The van der Waals surface area contributed by atoms with Crippen molar-refractivity contribution in [3.8, 4) is 11.5 Å². The molecular weight excluding hydrogens is 444 g/mol. The summed E-state index contributed by atoms with van der Waals surface area (Å²) in [4.78, 5) is 43.2. The summed E-state index contributed by atoms with van der Waals surface area (Å²) in [7, 11) is 6.09. The zero-order valence-electron chi connectivity index (χ0n) is 19.6. The molecule has 0 spiro atoms. The van der Waals surface area contributed by atoms with Gasteiger partial charge in [0.25, 0.3) is 5.56 Å². The van der Waals surface area contributed by atoms with Crippen molar-refractivity contribution < 1.29 is 14.3 Å². The molecule has 0 radical (unpaired) electrons. The van der Waals surface area contributed by atoms with Crippen LogP contribution in [-0.4, -0.2) is 40.0 Å². The predicted molar refractivity (Wildman–Crippen MR) is 130 cm³/mol. The molecule has 0 aliphatic carbocycles. The second-order valence-corrected chi connectivity index (χ2v) is 9.00. The third-order valence-electron chi connectivity index (χ3n) is 5.15. The van der Waals surface area contributed by atoms with Gasteiger partial charge in [-0.25, -0.2) is 9.78 Å². The van der Waals surface area contributed by atoms with Crippen molar-refractivity contribution in [3.05, 3.63) is 50.8 Å². The van der Waals surface area contributed by atoms with Gasteiger partial charge in [-0.15, -0.1) is 11.8 Å². The number of pyridine rings is 1. The first-order chi connectivity index (χ1) is 15.7. The van der Waals surface area contributed by atoms with Crippen LogP contribution < -0.4 is 26.0 Å². The van der Waals surface area contributed by atoms with Crippen LogP contribution in [0.5, 0.6) is 11.5 Å². The molecular formula is C23H28N4O5S. The third-order valence-corrected chi connectivity index (χ3v) is 6.32. The van der Waals surface area contributed by atoms with E-state index in [-0.39, 0.29) is 11.7 Å². The van der Waals surface area contributed by atoms with E-state index in [0.717, 1.165) is 10.1 Å². The number of aromatic nitrogens is 3. The lowest BCUT2D eigenvalue weighted by Crippen LogP contribution is -2.37. The fraction of sp³-hybridized carbons (Fsp3) is 0.391. The lowest BCUT2D eigenvalue weighted by atomic mass is 10.0. The maximum atomic E-state index is 13.0. The second-order valence-electron chi connectivity index (χ2n) is 8.02. The molecule has 0 unspecified atom stereocenters. The van der Waals surface area contributed by atoms with E-state index in [1.54, 1.807) is 38.6 Å². The number of hydrogen-bond acceptors (Lipinski definition) is 7. The number of carbonyl (C=O) groups is 1. The predicted octanol–water partition coefficient (Wildman–Crippen LogP) is 2.58. The van der Waals surface area contributed by atoms with Crippen LogP contribution in [0.15, 0.2) is 38.9 Å². The summed E-state index contributed by atoms with van der Waals surface area (Å²) in [6.45, 7) is 4.14. The van der Waals surface area contributed by atoms with Crippen LogP contribution in [0.25, 0.3) is 11.0 Å². The van der Waals surface area contributed by atoms with Crippen LogP contribution >= 0.6 is 11.8 Å². The molecule has 0 atom stereocenters. The Bertz CT molecular complexity index is 1310. The first-order valence-electron chi connectivity index (χ1n) is 10.4. The van der Waals surface area contributed by atoms with Gasteiger partial charge in [0.1, 0.15) is 17.1 Å². The summed E-state index contributed by atoms with van der Waals surface area (Å²) in [5.41, 5.74) is 0.815. The summed E-state index contributed by atoms with van der Waals surface area (Å²) in [6.07, 6.45) is 2.37. The van der Waals surface area contributed by atoms with Crippen molar-refractivity contribution in [1.29, 1.82) is 0 Å². The van der Waals surface area contributed by atoms with Gasteiger partial charge in [0, 0.05) is 31.3 Å². The molecule has 0 aliphatic rings. The van der Waals surface area contributed by atoms with E-state index < -0.39 is 11.2 Å². The highest BCUT2D eigenvalue weighted by Crippen LogP contribution is 2.32. The molecule has 3 aromatic rings. The Hall–Kier alpha value is -3.27. The molecule has 1 aromatic carbocycles. The number of aryl methyl sites for hydroxylation is 1. The lowest BCUT2D eigenvalue weighted by molar-refractivity contribution is -0.113. The smallest absolute Gasteiger partial charge is 0.332 e. The molecule has 2 aromatic heterocycles. The van der Waals surface area contributed by atoms with Gasteiger partial charge in [0.2, 0.25) is 5.91 Å². The first-order valence-corrected chi connectivity index (χ1v) is 11.4. The number of anilines is 1. The Labute approximate surface area is 195 Å². The molecule has 0 saturated heterocycles. The summed E-state index contributed by atoms with van der Waals surface area (Å²) >= 11 is 1.26. The van der Waals surface area contributed by atoms with E-state index >= 15 is 0 Å². The van der Waals surface area contributed by atoms with Crippen molar-refractivity contribution in [2.75, 3.05) is 25.3 Å². The minimum absolute atomic E-state index is 0.0609. The van der Waals surface area contributed by atoms with Gasteiger partial charge < -0.3 is 14.8 Å². The number of ether oxygens (including phenoxy) is 2. The number of carbonyl (C=O) groups excluding carboxylic acids is 1. The van der Waals surface area contributed by atoms with Gasteiger partial charge in [0.05, 0.1) is 31.0 Å². The molecule has 176 valence electrons. The number of rotatable bonds is 8. The highest BCUT2D eigenvalue weighted by molar-refractivity contribution is 8.00. The molecule has 2 heterocycles. The van der Waals surface area contributed by atoms with Gasteiger partial charge in [-0.2, -0.15) is 0 Å². The van der Waals surface area contributed by atoms with E-state index in [2.05, 4.69) is 24.1 Å². The average Bonchev–Trinajstić information content (AvgIpc) is 2.80. The maximum absolute atomic E-state index is 13.0. The molecule has 1 amide bonds. The molecule has 0 fully saturated rings. The van der Waals surface area contributed by atoms with Crippen molar-refractivity contribution in [1.82, 2.24) is 14.1 Å². The van der Waals surface area contributed by atoms with E-state index in [0.29, 0.717) is 45.5 Å². The van der Waals surface area contributed by atoms with Gasteiger partial charge in [-0.3, -0.25) is 18.7 Å². The molecule has 0 aliphatic heterocycles. The fourth-order valence-corrected chi connectivity index (χ4v) is 4.51. The zero-order chi connectivity index (χ0) is 24.3. The number of methoxy groups -OCH3 is 2. The van der Waals surface area contributed by atoms with E-state index in [9.17, 15) is 14.4 Å². The largest absolute Gasteiger partial charge is 0.497 e. The SMILES string of the molecule is COc1ccc(NC(=O)CSc2c(CC(C)C)cnc3c2c(=O)n(C)c(=O)n3C)c(OC)c1. The number of fused-ring (bicyclic) bond motifs is 1. The summed E-state index contributed by atoms with van der Waals surface area (Å²) in [5.74, 6) is 1.21. The standard InChI is InChI=1S/C23H28N4O5S/c1-13(2)9-14-11-24-21-19(22(29)27(4)23(30)26(21)3)20(14)33-12-18(28)25-16-8-7-15(31-5)10-17(16)32-6/h7-8,10-11,13H,9,12H2,1-6H3,(H,25,28). The Morgan fingerprint density at radius 2 is 1.88 bits per heavy atom. The third kappa shape index (κ3) is 5.05. The minimum atomic E-state index is -0.447. The molecule has 9 nitrogen and oxygen atoms in total. The van der Waals surface area contributed by atoms with Crippen LogP contribution in [-0.2, 0) is 25.3 Å². The highest BCUT2D eigenvalue weighted by Gasteiger charge is 2.19. The van der Waals surface area contributed by atoms with E-state index in [1.807, 2.05) is 0 Å². The van der Waals surface area contributed by atoms with Crippen LogP contribution in [0, 0.1) is 5.92 Å². The molecule has 0 bridgehead atoms. The highest BCUT2D eigenvalue weighted by atomic mass is 32.2. The number of nitrogens with zero attached hydrogens (tertiary/aromatic N) is 3. The second kappa shape index (κ2) is 10.1. The van der Waals surface area contributed by atoms with Crippen LogP contribution in [0.3, 0.4) is 0 Å². The Morgan fingerprint density at radius 3 is 2.52 bits per heavy atom. The monoisotopic (exact) mass is 472 g/mol. The fourth-order valence-electron chi connectivity index (χ4n) is 3.52. The van der Waals surface area contributed by atoms with Gasteiger partial charge >= 0.3 is 5.69 Å². The number of amides is 1. The number of nitrogens with one attached hydrogen (secondary N) is 1. The quantitative estimate of drug-likeness (QED) is 0.503. The molecule has 33 heavy (non-hydrogen) atoms. The maximum Gasteiger partial charge on any atom is 0.332 e. The molecule has 0 saturated carbocycles. The van der Waals surface area contributed by atoms with Crippen LogP contribution in [0.4, 0.5) is 5.69 Å². The van der Waals surface area contributed by atoms with E-state index in [1.165, 1.54) is 30.5 Å². The summed E-state index contributed by atoms with van der Waals surface area (Å²) < 4.78 is 12.9. The van der Waals surface area contributed by atoms with Gasteiger partial charge in [0.15, 0.2) is 0 Å². The van der Waals surface area contributed by atoms with Crippen LogP contribution in [0.1, 0.15) is 19.4 Å². The molecule has 3 rings (SSSR count). The Kier molecular flexibility index (Phi) is 7.47. The summed E-state index contributed by atoms with van der Waals surface area (Å²) in [6, 6.07) is 5.12. The minimum Gasteiger partial charge on any atom is -0.497 e. The first kappa shape index (κ1) is 24.4. The summed E-state index contributed by atoms with van der Waals surface area (Å²) in [5, 5.41) is 3.19. The van der Waals surface area contributed by atoms with Crippen molar-refractivity contribution >= 4 is 34.4 Å². The normalized spacial score (nSPS) is 11.1. The van der Waals surface area contributed by atoms with Crippen LogP contribution in [0.2, 0.25) is 0 Å². The molecule has 1 N–H and O–H groups in total.